The van der Waals surface area contributed by atoms with Crippen LogP contribution < -0.4 is 4.74 Å². The molecule has 3 aromatic rings. The molecule has 0 aliphatic carbocycles. The van der Waals surface area contributed by atoms with Crippen molar-refractivity contribution in [3.05, 3.63) is 60.3 Å². The summed E-state index contributed by atoms with van der Waals surface area (Å²) in [6.07, 6.45) is 1.73. The molecule has 0 saturated carbocycles. The van der Waals surface area contributed by atoms with Crippen molar-refractivity contribution in [1.29, 1.82) is 0 Å². The number of ether oxygens (including phenoxy) is 2. The van der Waals surface area contributed by atoms with E-state index in [-0.39, 0.29) is 11.9 Å². The summed E-state index contributed by atoms with van der Waals surface area (Å²) in [5.74, 6) is 0.853. The predicted octanol–water partition coefficient (Wildman–Crippen LogP) is 4.41. The first kappa shape index (κ1) is 19.5. The van der Waals surface area contributed by atoms with Crippen LogP contribution in [-0.2, 0) is 16.1 Å². The highest BCUT2D eigenvalue weighted by Crippen LogP contribution is 2.28. The molecular formula is C24H28N2O3. The van der Waals surface area contributed by atoms with Crippen LogP contribution >= 0.6 is 0 Å². The summed E-state index contributed by atoms with van der Waals surface area (Å²) >= 11 is 0. The number of hydrogen-bond acceptors (Lipinski definition) is 4. The fourth-order valence-electron chi connectivity index (χ4n) is 4.18. The molecule has 0 N–H and O–H groups in total. The Bertz CT molecular complexity index is 969. The van der Waals surface area contributed by atoms with Gasteiger partial charge in [-0.2, -0.15) is 0 Å². The molecule has 1 fully saturated rings. The highest BCUT2D eigenvalue weighted by molar-refractivity contribution is 5.83. The van der Waals surface area contributed by atoms with Gasteiger partial charge in [0.2, 0.25) is 0 Å². The van der Waals surface area contributed by atoms with Gasteiger partial charge in [0.25, 0.3) is 0 Å². The Labute approximate surface area is 171 Å². The number of carbonyl (C=O) groups is 1. The number of para-hydroxylation sites is 1. The quantitative estimate of drug-likeness (QED) is 0.583. The zero-order chi connectivity index (χ0) is 20.2. The second kappa shape index (κ2) is 8.70. The summed E-state index contributed by atoms with van der Waals surface area (Å²) in [5.41, 5.74) is 3.59. The summed E-state index contributed by atoms with van der Waals surface area (Å²) in [6.45, 7) is 5.00. The number of carbonyl (C=O) groups excluding carboxylic acids is 1. The molecule has 0 atom stereocenters. The third-order valence-corrected chi connectivity index (χ3v) is 5.71. The van der Waals surface area contributed by atoms with Gasteiger partial charge < -0.3 is 14.0 Å². The van der Waals surface area contributed by atoms with Crippen molar-refractivity contribution < 1.29 is 14.3 Å². The Morgan fingerprint density at radius 3 is 2.48 bits per heavy atom. The first-order valence-corrected chi connectivity index (χ1v) is 10.3. The molecule has 1 aromatic heterocycles. The first-order chi connectivity index (χ1) is 14.2. The second-order valence-corrected chi connectivity index (χ2v) is 7.53. The van der Waals surface area contributed by atoms with Crippen molar-refractivity contribution in [1.82, 2.24) is 9.47 Å². The average Bonchev–Trinajstić information content (AvgIpc) is 3.12. The number of aromatic nitrogens is 1. The van der Waals surface area contributed by atoms with Gasteiger partial charge in [0.1, 0.15) is 5.75 Å². The minimum atomic E-state index is -0.0421. The molecule has 1 saturated heterocycles. The monoisotopic (exact) mass is 392 g/mol. The van der Waals surface area contributed by atoms with Crippen molar-refractivity contribution in [2.45, 2.75) is 26.3 Å². The highest BCUT2D eigenvalue weighted by atomic mass is 16.5. The Kier molecular flexibility index (Phi) is 5.86. The lowest BCUT2D eigenvalue weighted by Gasteiger charge is -2.31. The van der Waals surface area contributed by atoms with Crippen LogP contribution in [-0.4, -0.2) is 42.2 Å². The molecule has 0 spiro atoms. The van der Waals surface area contributed by atoms with E-state index in [1.807, 2.05) is 19.1 Å². The molecule has 5 nitrogen and oxygen atoms in total. The van der Waals surface area contributed by atoms with E-state index in [4.69, 9.17) is 9.47 Å². The first-order valence-electron chi connectivity index (χ1n) is 10.3. The molecule has 4 rings (SSSR count). The van der Waals surface area contributed by atoms with Gasteiger partial charge in [-0.05, 0) is 69.3 Å². The van der Waals surface area contributed by atoms with E-state index in [9.17, 15) is 4.79 Å². The number of esters is 1. The van der Waals surface area contributed by atoms with Crippen molar-refractivity contribution in [2.75, 3.05) is 26.8 Å². The van der Waals surface area contributed by atoms with Gasteiger partial charge in [-0.1, -0.05) is 18.2 Å². The number of benzene rings is 2. The van der Waals surface area contributed by atoms with Gasteiger partial charge in [-0.3, -0.25) is 9.69 Å². The van der Waals surface area contributed by atoms with E-state index in [1.165, 1.54) is 16.6 Å². The van der Waals surface area contributed by atoms with Gasteiger partial charge in [0, 0.05) is 23.3 Å². The number of nitrogens with zero attached hydrogens (tertiary/aromatic N) is 2. The maximum Gasteiger partial charge on any atom is 0.309 e. The number of methoxy groups -OCH3 is 1. The van der Waals surface area contributed by atoms with Gasteiger partial charge in [0.15, 0.2) is 0 Å². The van der Waals surface area contributed by atoms with E-state index in [1.54, 1.807) is 7.11 Å². The van der Waals surface area contributed by atoms with Gasteiger partial charge in [-0.25, -0.2) is 0 Å². The fraction of sp³-hybridized carbons (Fsp3) is 0.375. The van der Waals surface area contributed by atoms with Crippen molar-refractivity contribution in [3.8, 4) is 11.4 Å². The van der Waals surface area contributed by atoms with Crippen LogP contribution in [0.5, 0.6) is 5.75 Å². The summed E-state index contributed by atoms with van der Waals surface area (Å²) in [6, 6.07) is 19.0. The third kappa shape index (κ3) is 4.15. The topological polar surface area (TPSA) is 43.7 Å². The van der Waals surface area contributed by atoms with Crippen molar-refractivity contribution >= 4 is 16.9 Å². The molecule has 0 amide bonds. The Morgan fingerprint density at radius 2 is 1.79 bits per heavy atom. The Morgan fingerprint density at radius 1 is 1.07 bits per heavy atom. The molecule has 0 unspecified atom stereocenters. The fourth-order valence-corrected chi connectivity index (χ4v) is 4.18. The largest absolute Gasteiger partial charge is 0.497 e. The number of likely N-dealkylation sites (tertiary alicyclic amines) is 1. The van der Waals surface area contributed by atoms with Crippen LogP contribution in [0, 0.1) is 5.92 Å². The molecular weight excluding hydrogens is 364 g/mol. The highest BCUT2D eigenvalue weighted by Gasteiger charge is 2.26. The number of piperidine rings is 1. The lowest BCUT2D eigenvalue weighted by Crippen LogP contribution is -2.36. The van der Waals surface area contributed by atoms with Gasteiger partial charge >= 0.3 is 5.97 Å². The molecule has 1 aliphatic rings. The molecule has 152 valence electrons. The second-order valence-electron chi connectivity index (χ2n) is 7.53. The van der Waals surface area contributed by atoms with Crippen LogP contribution in [0.3, 0.4) is 0 Å². The molecule has 5 heteroatoms. The minimum absolute atomic E-state index is 0.0404. The lowest BCUT2D eigenvalue weighted by atomic mass is 9.97. The average molecular weight is 392 g/mol. The number of rotatable bonds is 6. The van der Waals surface area contributed by atoms with E-state index in [0.29, 0.717) is 6.61 Å². The van der Waals surface area contributed by atoms with Crippen molar-refractivity contribution in [3.63, 3.8) is 0 Å². The van der Waals surface area contributed by atoms with Crippen molar-refractivity contribution in [2.24, 2.45) is 5.92 Å². The van der Waals surface area contributed by atoms with E-state index in [2.05, 4.69) is 51.9 Å². The van der Waals surface area contributed by atoms with Crippen LogP contribution in [0.15, 0.2) is 54.6 Å². The third-order valence-electron chi connectivity index (χ3n) is 5.71. The molecule has 2 heterocycles. The molecule has 1 aliphatic heterocycles. The van der Waals surface area contributed by atoms with Crippen LogP contribution in [0.1, 0.15) is 25.5 Å². The summed E-state index contributed by atoms with van der Waals surface area (Å²) < 4.78 is 12.8. The zero-order valence-corrected chi connectivity index (χ0v) is 17.1. The predicted molar refractivity (Wildman–Crippen MR) is 114 cm³/mol. The maximum absolute atomic E-state index is 12.0. The maximum atomic E-state index is 12.0. The normalized spacial score (nSPS) is 15.5. The van der Waals surface area contributed by atoms with E-state index < -0.39 is 0 Å². The number of fused-ring (bicyclic) bond motifs is 1. The van der Waals surface area contributed by atoms with Crippen LogP contribution in [0.4, 0.5) is 0 Å². The van der Waals surface area contributed by atoms with Gasteiger partial charge in [-0.15, -0.1) is 0 Å². The summed E-state index contributed by atoms with van der Waals surface area (Å²) in [4.78, 5) is 14.5. The molecule has 0 radical (unpaired) electrons. The summed E-state index contributed by atoms with van der Waals surface area (Å²) in [5, 5.41) is 1.24. The number of hydrogen-bond donors (Lipinski definition) is 0. The lowest BCUT2D eigenvalue weighted by molar-refractivity contribution is -0.149. The molecule has 2 aromatic carbocycles. The SMILES string of the molecule is CCOC(=O)C1CCN(Cc2cc3ccccc3n2-c2ccc(OC)cc2)CC1. The summed E-state index contributed by atoms with van der Waals surface area (Å²) in [7, 11) is 1.69. The molecule has 0 bridgehead atoms. The van der Waals surface area contributed by atoms with E-state index >= 15 is 0 Å². The standard InChI is InChI=1S/C24H28N2O3/c1-3-29-24(27)18-12-14-25(15-13-18)17-21-16-19-6-4-5-7-23(19)26(21)20-8-10-22(28-2)11-9-20/h4-11,16,18H,3,12-15,17H2,1-2H3. The molecule has 29 heavy (non-hydrogen) atoms. The Balaban J connectivity index is 1.57. The Hall–Kier alpha value is -2.79. The van der Waals surface area contributed by atoms with Crippen LogP contribution in [0.2, 0.25) is 0 Å². The smallest absolute Gasteiger partial charge is 0.309 e. The minimum Gasteiger partial charge on any atom is -0.497 e. The van der Waals surface area contributed by atoms with Crippen LogP contribution in [0.25, 0.3) is 16.6 Å². The zero-order valence-electron chi connectivity index (χ0n) is 17.1. The van der Waals surface area contributed by atoms with E-state index in [0.717, 1.165) is 43.9 Å². The van der Waals surface area contributed by atoms with Gasteiger partial charge in [0.05, 0.1) is 25.2 Å².